The van der Waals surface area contributed by atoms with Crippen molar-refractivity contribution in [1.29, 1.82) is 0 Å². The summed E-state index contributed by atoms with van der Waals surface area (Å²) in [5.74, 6) is 0. The maximum Gasteiger partial charge on any atom is 0.337 e. The van der Waals surface area contributed by atoms with Gasteiger partial charge in [-0.3, -0.25) is 0 Å². The third-order valence-electron chi connectivity index (χ3n) is 2.71. The zero-order valence-corrected chi connectivity index (χ0v) is 13.0. The van der Waals surface area contributed by atoms with Gasteiger partial charge in [-0.2, -0.15) is 0 Å². The molecule has 108 valence electrons. The molecule has 0 aliphatic rings. The highest BCUT2D eigenvalue weighted by Gasteiger charge is 2.34. The minimum Gasteiger partial charge on any atom is -0.394 e. The number of nitrogens with two attached hydrogens (primary N) is 1. The molecule has 0 atom stereocenters. The average Bonchev–Trinajstić information content (AvgIpc) is 2.37. The highest BCUT2D eigenvalue weighted by atomic mass is 28.4. The minimum absolute atomic E-state index is 0.470. The van der Waals surface area contributed by atoms with E-state index in [1.807, 2.05) is 0 Å². The van der Waals surface area contributed by atoms with Crippen molar-refractivity contribution in [2.24, 2.45) is 5.73 Å². The van der Waals surface area contributed by atoms with Crippen molar-refractivity contribution < 1.29 is 13.6 Å². The first-order valence-electron chi connectivity index (χ1n) is 6.91. The molecule has 0 aromatic carbocycles. The zero-order valence-electron chi connectivity index (χ0n) is 12.0. The Hall–Kier alpha value is -0.593. The van der Waals surface area contributed by atoms with E-state index >= 15 is 0 Å². The maximum atomic E-state index is 10.6. The minimum atomic E-state index is -2.08. The van der Waals surface area contributed by atoms with E-state index in [4.69, 9.17) is 14.6 Å². The molecule has 0 rings (SSSR count). The Labute approximate surface area is 112 Å². The van der Waals surface area contributed by atoms with Crippen LogP contribution >= 0.6 is 0 Å². The van der Waals surface area contributed by atoms with Gasteiger partial charge < -0.3 is 19.9 Å². The highest BCUT2D eigenvalue weighted by Crippen LogP contribution is 2.21. The van der Waals surface area contributed by atoms with Crippen molar-refractivity contribution in [2.75, 3.05) is 19.8 Å². The molecular weight excluding hydrogens is 248 g/mol. The fourth-order valence-electron chi connectivity index (χ4n) is 1.71. The second-order valence-electron chi connectivity index (χ2n) is 4.36. The quantitative estimate of drug-likeness (QED) is 0.449. The van der Waals surface area contributed by atoms with Crippen LogP contribution in [0.25, 0.3) is 0 Å². The van der Waals surface area contributed by atoms with Crippen LogP contribution < -0.4 is 11.1 Å². The van der Waals surface area contributed by atoms with E-state index in [0.29, 0.717) is 6.54 Å². The van der Waals surface area contributed by atoms with Crippen LogP contribution in [0.1, 0.15) is 40.0 Å². The van der Waals surface area contributed by atoms with Gasteiger partial charge in [-0.15, -0.1) is 0 Å². The smallest absolute Gasteiger partial charge is 0.337 e. The predicted molar refractivity (Wildman–Crippen MR) is 75.7 cm³/mol. The van der Waals surface area contributed by atoms with Crippen LogP contribution in [-0.2, 0) is 8.85 Å². The first-order valence-corrected chi connectivity index (χ1v) is 9.14. The fourth-order valence-corrected chi connectivity index (χ4v) is 4.71. The molecule has 0 unspecified atom stereocenters. The zero-order chi connectivity index (χ0) is 13.9. The summed E-state index contributed by atoms with van der Waals surface area (Å²) in [6, 6.07) is 1.38. The topological polar surface area (TPSA) is 73.6 Å². The van der Waals surface area contributed by atoms with Gasteiger partial charge >= 0.3 is 14.6 Å². The number of primary amides is 1. The molecule has 0 heterocycles. The summed E-state index contributed by atoms with van der Waals surface area (Å²) >= 11 is 0. The van der Waals surface area contributed by atoms with Crippen molar-refractivity contribution in [3.63, 3.8) is 0 Å². The Kier molecular flexibility index (Phi) is 10.00. The van der Waals surface area contributed by atoms with E-state index < -0.39 is 14.6 Å². The van der Waals surface area contributed by atoms with Crippen molar-refractivity contribution in [2.45, 2.75) is 52.1 Å². The number of urea groups is 1. The van der Waals surface area contributed by atoms with Gasteiger partial charge in [0.1, 0.15) is 0 Å². The molecule has 18 heavy (non-hydrogen) atoms. The van der Waals surface area contributed by atoms with Crippen LogP contribution in [0.2, 0.25) is 12.1 Å². The summed E-state index contributed by atoms with van der Waals surface area (Å²) < 4.78 is 12.0. The highest BCUT2D eigenvalue weighted by molar-refractivity contribution is 6.67. The van der Waals surface area contributed by atoms with Gasteiger partial charge in [-0.05, 0) is 31.4 Å². The van der Waals surface area contributed by atoms with E-state index in [1.54, 1.807) is 0 Å². The Morgan fingerprint density at radius 3 is 2.11 bits per heavy atom. The van der Waals surface area contributed by atoms with Crippen LogP contribution in [0.4, 0.5) is 4.79 Å². The van der Waals surface area contributed by atoms with Crippen LogP contribution in [0.3, 0.4) is 0 Å². The van der Waals surface area contributed by atoms with Gasteiger partial charge in [0.25, 0.3) is 0 Å². The van der Waals surface area contributed by atoms with E-state index in [1.165, 1.54) is 0 Å². The van der Waals surface area contributed by atoms with Gasteiger partial charge in [0.2, 0.25) is 0 Å². The van der Waals surface area contributed by atoms with E-state index in [2.05, 4.69) is 26.1 Å². The van der Waals surface area contributed by atoms with Gasteiger partial charge in [0, 0.05) is 19.8 Å². The lowest BCUT2D eigenvalue weighted by atomic mass is 10.5. The van der Waals surface area contributed by atoms with Crippen LogP contribution in [0.5, 0.6) is 0 Å². The molecule has 0 aliphatic carbocycles. The first kappa shape index (κ1) is 17.4. The number of carbonyl (C=O) groups is 1. The van der Waals surface area contributed by atoms with Crippen LogP contribution in [0.15, 0.2) is 0 Å². The predicted octanol–water partition coefficient (Wildman–Crippen LogP) is 2.36. The number of amides is 2. The fraction of sp³-hybridized carbons (Fsp3) is 0.917. The SMILES string of the molecule is CCCO[Si](CC)(CCCNC(N)=O)OCCC. The molecule has 2 amide bonds. The van der Waals surface area contributed by atoms with Gasteiger partial charge in [-0.25, -0.2) is 4.79 Å². The van der Waals surface area contributed by atoms with Crippen molar-refractivity contribution in [3.05, 3.63) is 0 Å². The van der Waals surface area contributed by atoms with Crippen molar-refractivity contribution in [3.8, 4) is 0 Å². The van der Waals surface area contributed by atoms with E-state index in [0.717, 1.165) is 44.6 Å². The summed E-state index contributed by atoms with van der Waals surface area (Å²) in [6.45, 7) is 8.43. The van der Waals surface area contributed by atoms with Crippen molar-refractivity contribution in [1.82, 2.24) is 5.32 Å². The van der Waals surface area contributed by atoms with Crippen LogP contribution in [0, 0.1) is 0 Å². The molecule has 0 aliphatic heterocycles. The number of hydrogen-bond acceptors (Lipinski definition) is 3. The molecule has 3 N–H and O–H groups in total. The van der Waals surface area contributed by atoms with Gasteiger partial charge in [0.15, 0.2) is 0 Å². The molecular formula is C12H28N2O3Si. The lowest BCUT2D eigenvalue weighted by Gasteiger charge is -2.29. The molecule has 0 saturated heterocycles. The van der Waals surface area contributed by atoms with E-state index in [-0.39, 0.29) is 0 Å². The summed E-state index contributed by atoms with van der Waals surface area (Å²) in [4.78, 5) is 10.6. The Balaban J connectivity index is 4.19. The molecule has 0 aromatic heterocycles. The lowest BCUT2D eigenvalue weighted by molar-refractivity contribution is 0.167. The van der Waals surface area contributed by atoms with Gasteiger partial charge in [-0.1, -0.05) is 20.8 Å². The third kappa shape index (κ3) is 7.68. The molecule has 5 nitrogen and oxygen atoms in total. The number of nitrogens with one attached hydrogen (secondary N) is 1. The summed E-state index contributed by atoms with van der Waals surface area (Å²) in [7, 11) is -2.08. The van der Waals surface area contributed by atoms with Crippen LogP contribution in [-0.4, -0.2) is 34.4 Å². The Bertz CT molecular complexity index is 219. The largest absolute Gasteiger partial charge is 0.394 e. The summed E-state index contributed by atoms with van der Waals surface area (Å²) in [6.07, 6.45) is 2.87. The molecule has 0 spiro atoms. The molecule has 0 saturated carbocycles. The monoisotopic (exact) mass is 276 g/mol. The number of hydrogen-bond donors (Lipinski definition) is 2. The average molecular weight is 276 g/mol. The molecule has 0 fully saturated rings. The second-order valence-corrected chi connectivity index (χ2v) is 7.96. The first-order chi connectivity index (χ1) is 8.60. The maximum absolute atomic E-state index is 10.6. The lowest BCUT2D eigenvalue weighted by Crippen LogP contribution is -2.43. The van der Waals surface area contributed by atoms with Crippen molar-refractivity contribution >= 4 is 14.6 Å². The molecule has 0 aromatic rings. The molecule has 0 bridgehead atoms. The Morgan fingerprint density at radius 1 is 1.17 bits per heavy atom. The normalized spacial score (nSPS) is 11.5. The van der Waals surface area contributed by atoms with E-state index in [9.17, 15) is 4.79 Å². The summed E-state index contributed by atoms with van der Waals surface area (Å²) in [5, 5.41) is 2.60. The summed E-state index contributed by atoms with van der Waals surface area (Å²) in [5.41, 5.74) is 5.03. The molecule has 0 radical (unpaired) electrons. The number of rotatable bonds is 11. The third-order valence-corrected chi connectivity index (χ3v) is 6.36. The second kappa shape index (κ2) is 10.3. The molecule has 6 heteroatoms. The van der Waals surface area contributed by atoms with Gasteiger partial charge in [0.05, 0.1) is 0 Å². The Morgan fingerprint density at radius 2 is 1.72 bits per heavy atom. The standard InChI is InChI=1S/C12H28N2O3Si/c1-4-9-16-18(6-3,17-10-5-2)11-7-8-14-12(13)15/h4-11H2,1-3H3,(H3,13,14,15). The number of carbonyl (C=O) groups excluding carboxylic acids is 1.